The van der Waals surface area contributed by atoms with Crippen molar-refractivity contribution < 1.29 is 9.72 Å². The third-order valence-electron chi connectivity index (χ3n) is 4.45. The van der Waals surface area contributed by atoms with Crippen molar-refractivity contribution in [2.45, 2.75) is 13.0 Å². The molecule has 1 atom stereocenters. The van der Waals surface area contributed by atoms with E-state index in [1.807, 2.05) is 13.0 Å². The highest BCUT2D eigenvalue weighted by Gasteiger charge is 2.33. The number of nitro benzene ring substituents is 1. The Hall–Kier alpha value is -3.06. The molecule has 1 heterocycles. The van der Waals surface area contributed by atoms with Gasteiger partial charge in [0.15, 0.2) is 10.9 Å². The highest BCUT2D eigenvalue weighted by atomic mass is 32.1. The van der Waals surface area contributed by atoms with Crippen molar-refractivity contribution in [1.29, 1.82) is 0 Å². The average Bonchev–Trinajstić information content (AvgIpc) is 2.66. The van der Waals surface area contributed by atoms with Gasteiger partial charge in [-0.1, -0.05) is 42.5 Å². The largest absolute Gasteiger partial charge is 0.351 e. The SMILES string of the molecule is CC1=C(C(=O)c2ccccc2)C(c2cccc([N+](=O)[O-])c2)NC(=S)N1C. The van der Waals surface area contributed by atoms with Crippen LogP contribution in [0.3, 0.4) is 0 Å². The summed E-state index contributed by atoms with van der Waals surface area (Å²) in [6.45, 7) is 1.83. The second-order valence-corrected chi connectivity index (χ2v) is 6.37. The number of carbonyl (C=O) groups is 1. The van der Waals surface area contributed by atoms with Gasteiger partial charge in [-0.15, -0.1) is 0 Å². The molecule has 1 aliphatic rings. The van der Waals surface area contributed by atoms with E-state index in [1.54, 1.807) is 48.3 Å². The van der Waals surface area contributed by atoms with Gasteiger partial charge in [0.1, 0.15) is 0 Å². The van der Waals surface area contributed by atoms with E-state index in [0.717, 1.165) is 5.70 Å². The summed E-state index contributed by atoms with van der Waals surface area (Å²) in [4.78, 5) is 25.6. The average molecular weight is 367 g/mol. The fourth-order valence-corrected chi connectivity index (χ4v) is 3.20. The van der Waals surface area contributed by atoms with Gasteiger partial charge in [0, 0.05) is 36.0 Å². The molecule has 26 heavy (non-hydrogen) atoms. The molecule has 0 radical (unpaired) electrons. The Kier molecular flexibility index (Phi) is 4.81. The first-order valence-corrected chi connectivity index (χ1v) is 8.40. The number of hydrogen-bond donors (Lipinski definition) is 1. The number of nitrogens with zero attached hydrogens (tertiary/aromatic N) is 2. The molecule has 7 heteroatoms. The second kappa shape index (κ2) is 7.05. The minimum Gasteiger partial charge on any atom is -0.351 e. The molecule has 2 aromatic rings. The van der Waals surface area contributed by atoms with E-state index in [-0.39, 0.29) is 11.5 Å². The number of non-ortho nitro benzene ring substituents is 1. The maximum absolute atomic E-state index is 13.2. The number of nitrogens with one attached hydrogen (secondary N) is 1. The minimum absolute atomic E-state index is 0.0293. The van der Waals surface area contributed by atoms with Crippen LogP contribution < -0.4 is 5.32 Å². The lowest BCUT2D eigenvalue weighted by molar-refractivity contribution is -0.384. The summed E-state index contributed by atoms with van der Waals surface area (Å²) in [5.41, 5.74) is 2.39. The zero-order chi connectivity index (χ0) is 18.8. The van der Waals surface area contributed by atoms with E-state index in [0.29, 0.717) is 21.8 Å². The van der Waals surface area contributed by atoms with Crippen LogP contribution in [0.2, 0.25) is 0 Å². The highest BCUT2D eigenvalue weighted by molar-refractivity contribution is 7.80. The van der Waals surface area contributed by atoms with Gasteiger partial charge in [0.25, 0.3) is 5.69 Å². The molecule has 1 aliphatic heterocycles. The topological polar surface area (TPSA) is 75.5 Å². The summed E-state index contributed by atoms with van der Waals surface area (Å²) < 4.78 is 0. The molecule has 0 saturated carbocycles. The van der Waals surface area contributed by atoms with Crippen molar-refractivity contribution >= 4 is 28.8 Å². The molecule has 1 N–H and O–H groups in total. The Labute approximate surface area is 156 Å². The first-order chi connectivity index (χ1) is 12.4. The van der Waals surface area contributed by atoms with E-state index in [2.05, 4.69) is 5.32 Å². The van der Waals surface area contributed by atoms with Crippen molar-refractivity contribution in [2.75, 3.05) is 7.05 Å². The molecule has 6 nitrogen and oxygen atoms in total. The van der Waals surface area contributed by atoms with Gasteiger partial charge in [-0.25, -0.2) is 0 Å². The van der Waals surface area contributed by atoms with E-state index in [1.165, 1.54) is 12.1 Å². The smallest absolute Gasteiger partial charge is 0.269 e. The summed E-state index contributed by atoms with van der Waals surface area (Å²) >= 11 is 5.36. The van der Waals surface area contributed by atoms with Crippen molar-refractivity contribution in [1.82, 2.24) is 10.2 Å². The van der Waals surface area contributed by atoms with Crippen LogP contribution in [0.25, 0.3) is 0 Å². The zero-order valence-electron chi connectivity index (χ0n) is 14.3. The summed E-state index contributed by atoms with van der Waals surface area (Å²) in [5.74, 6) is -0.138. The Morgan fingerprint density at radius 3 is 2.54 bits per heavy atom. The third kappa shape index (κ3) is 3.21. The van der Waals surface area contributed by atoms with E-state index < -0.39 is 11.0 Å². The molecule has 3 rings (SSSR count). The van der Waals surface area contributed by atoms with Crippen LogP contribution in [-0.2, 0) is 0 Å². The quantitative estimate of drug-likeness (QED) is 0.385. The monoisotopic (exact) mass is 367 g/mol. The molecule has 0 fully saturated rings. The third-order valence-corrected chi connectivity index (χ3v) is 4.84. The zero-order valence-corrected chi connectivity index (χ0v) is 15.1. The van der Waals surface area contributed by atoms with Crippen LogP contribution in [0.15, 0.2) is 65.9 Å². The predicted octanol–water partition coefficient (Wildman–Crippen LogP) is 3.61. The van der Waals surface area contributed by atoms with Crippen LogP contribution in [0.1, 0.15) is 28.9 Å². The van der Waals surface area contributed by atoms with Crippen molar-refractivity contribution in [3.8, 4) is 0 Å². The number of hydrogen-bond acceptors (Lipinski definition) is 4. The Balaban J connectivity index is 2.13. The summed E-state index contributed by atoms with van der Waals surface area (Å²) in [6, 6.07) is 14.7. The van der Waals surface area contributed by atoms with Gasteiger partial charge < -0.3 is 10.2 Å². The van der Waals surface area contributed by atoms with E-state index in [9.17, 15) is 14.9 Å². The Bertz CT molecular complexity index is 925. The molecule has 1 unspecified atom stereocenters. The number of ketones is 1. The predicted molar refractivity (Wildman–Crippen MR) is 103 cm³/mol. The molecule has 2 aromatic carbocycles. The first kappa shape index (κ1) is 17.8. The normalized spacial score (nSPS) is 17.1. The van der Waals surface area contributed by atoms with E-state index >= 15 is 0 Å². The maximum Gasteiger partial charge on any atom is 0.269 e. The number of allylic oxidation sites excluding steroid dienone is 1. The van der Waals surface area contributed by atoms with Crippen LogP contribution in [-0.4, -0.2) is 27.8 Å². The van der Waals surface area contributed by atoms with Crippen molar-refractivity contribution in [3.05, 3.63) is 87.1 Å². The summed E-state index contributed by atoms with van der Waals surface area (Å²) in [7, 11) is 1.78. The van der Waals surface area contributed by atoms with Crippen molar-refractivity contribution in [2.24, 2.45) is 0 Å². The number of rotatable bonds is 4. The Morgan fingerprint density at radius 2 is 1.88 bits per heavy atom. The van der Waals surface area contributed by atoms with Crippen LogP contribution in [0.4, 0.5) is 5.69 Å². The fourth-order valence-electron chi connectivity index (χ4n) is 2.94. The fraction of sp³-hybridized carbons (Fsp3) is 0.158. The lowest BCUT2D eigenvalue weighted by Gasteiger charge is -2.35. The number of Topliss-reactive ketones (excluding diaryl/α,β-unsaturated/α-hetero) is 1. The van der Waals surface area contributed by atoms with Gasteiger partial charge in [-0.3, -0.25) is 14.9 Å². The van der Waals surface area contributed by atoms with Crippen molar-refractivity contribution in [3.63, 3.8) is 0 Å². The molecule has 0 saturated heterocycles. The number of benzene rings is 2. The standard InChI is InChI=1S/C19H17N3O3S/c1-12-16(18(23)13-7-4-3-5-8-13)17(20-19(26)21(12)2)14-9-6-10-15(11-14)22(24)25/h3-11,17H,1-2H3,(H,20,26). The summed E-state index contributed by atoms with van der Waals surface area (Å²) in [5, 5.41) is 14.7. The second-order valence-electron chi connectivity index (χ2n) is 5.99. The van der Waals surface area contributed by atoms with Gasteiger partial charge in [-0.2, -0.15) is 0 Å². The summed E-state index contributed by atoms with van der Waals surface area (Å²) in [6.07, 6.45) is 0. The molecule has 0 aliphatic carbocycles. The number of thiocarbonyl (C=S) groups is 1. The number of carbonyl (C=O) groups excluding carboxylic acids is 1. The lowest BCUT2D eigenvalue weighted by Crippen LogP contribution is -2.45. The van der Waals surface area contributed by atoms with Gasteiger partial charge in [-0.05, 0) is 24.7 Å². The van der Waals surface area contributed by atoms with Gasteiger partial charge in [0.05, 0.1) is 11.0 Å². The van der Waals surface area contributed by atoms with Crippen LogP contribution in [0, 0.1) is 10.1 Å². The minimum atomic E-state index is -0.550. The Morgan fingerprint density at radius 1 is 1.19 bits per heavy atom. The number of nitro groups is 1. The lowest BCUT2D eigenvalue weighted by atomic mass is 9.89. The maximum atomic E-state index is 13.2. The molecular formula is C19H17N3O3S. The van der Waals surface area contributed by atoms with E-state index in [4.69, 9.17) is 12.2 Å². The van der Waals surface area contributed by atoms with Crippen LogP contribution >= 0.6 is 12.2 Å². The van der Waals surface area contributed by atoms with Gasteiger partial charge in [0.2, 0.25) is 0 Å². The molecule has 0 bridgehead atoms. The molecule has 0 aromatic heterocycles. The molecular weight excluding hydrogens is 350 g/mol. The molecule has 132 valence electrons. The van der Waals surface area contributed by atoms with Crippen LogP contribution in [0.5, 0.6) is 0 Å². The molecule has 0 spiro atoms. The first-order valence-electron chi connectivity index (χ1n) is 7.99. The molecule has 0 amide bonds. The van der Waals surface area contributed by atoms with Gasteiger partial charge >= 0.3 is 0 Å². The highest BCUT2D eigenvalue weighted by Crippen LogP contribution is 2.33.